The second kappa shape index (κ2) is 5.25. The number of nitrogens with zero attached hydrogens (tertiary/aromatic N) is 2. The van der Waals surface area contributed by atoms with Crippen LogP contribution in [0.15, 0.2) is 72.8 Å². The van der Waals surface area contributed by atoms with Gasteiger partial charge < -0.3 is 4.90 Å². The van der Waals surface area contributed by atoms with Gasteiger partial charge in [0.1, 0.15) is 0 Å². The average Bonchev–Trinajstić information content (AvgIpc) is 2.62. The van der Waals surface area contributed by atoms with E-state index in [0.717, 1.165) is 5.69 Å². The Balaban J connectivity index is 2.03. The van der Waals surface area contributed by atoms with Crippen molar-refractivity contribution in [2.75, 3.05) is 4.90 Å². The third kappa shape index (κ3) is 2.02. The van der Waals surface area contributed by atoms with Crippen LogP contribution in [-0.4, -0.2) is 0 Å². The second-order valence-electron chi connectivity index (χ2n) is 6.66. The first-order valence-corrected chi connectivity index (χ1v) is 8.12. The number of hydrogen-bond acceptors (Lipinski definition) is 2. The van der Waals surface area contributed by atoms with Crippen molar-refractivity contribution in [1.29, 1.82) is 5.26 Å². The van der Waals surface area contributed by atoms with Crippen LogP contribution in [-0.2, 0) is 5.41 Å². The van der Waals surface area contributed by atoms with Crippen molar-refractivity contribution >= 4 is 17.1 Å². The van der Waals surface area contributed by atoms with Crippen molar-refractivity contribution < 1.29 is 0 Å². The molecule has 0 atom stereocenters. The topological polar surface area (TPSA) is 27.0 Å². The van der Waals surface area contributed by atoms with Crippen LogP contribution >= 0.6 is 0 Å². The van der Waals surface area contributed by atoms with Gasteiger partial charge in [-0.3, -0.25) is 0 Å². The Bertz CT molecular complexity index is 914. The van der Waals surface area contributed by atoms with Crippen LogP contribution in [0.3, 0.4) is 0 Å². The van der Waals surface area contributed by atoms with Crippen molar-refractivity contribution in [3.05, 3.63) is 89.5 Å². The van der Waals surface area contributed by atoms with Gasteiger partial charge in [-0.2, -0.15) is 5.26 Å². The molecule has 3 aromatic carbocycles. The lowest BCUT2D eigenvalue weighted by atomic mass is 9.73. The van der Waals surface area contributed by atoms with E-state index in [2.05, 4.69) is 79.4 Å². The minimum atomic E-state index is -0.0590. The lowest BCUT2D eigenvalue weighted by Crippen LogP contribution is -2.30. The molecule has 2 heteroatoms. The first-order chi connectivity index (χ1) is 11.6. The lowest BCUT2D eigenvalue weighted by molar-refractivity contribution is 0.632. The zero-order valence-corrected chi connectivity index (χ0v) is 13.8. The molecular formula is C22H18N2. The fourth-order valence-corrected chi connectivity index (χ4v) is 3.66. The summed E-state index contributed by atoms with van der Waals surface area (Å²) in [6.07, 6.45) is 0. The van der Waals surface area contributed by atoms with Gasteiger partial charge in [-0.05, 0) is 41.5 Å². The standard InChI is InChI=1S/C22H18N2/c1-22(2)18-10-3-5-12-20(18)24(21-13-6-4-11-19(21)22)17-9-7-8-16(14-17)15-23/h3-14H,1-2H3. The van der Waals surface area contributed by atoms with Gasteiger partial charge in [-0.15, -0.1) is 0 Å². The molecule has 0 saturated heterocycles. The third-order valence-corrected chi connectivity index (χ3v) is 4.87. The smallest absolute Gasteiger partial charge is 0.0992 e. The Labute approximate surface area is 142 Å². The maximum Gasteiger partial charge on any atom is 0.0992 e. The van der Waals surface area contributed by atoms with Gasteiger partial charge in [0.25, 0.3) is 0 Å². The summed E-state index contributed by atoms with van der Waals surface area (Å²) in [5.74, 6) is 0. The molecule has 0 radical (unpaired) electrons. The highest BCUT2D eigenvalue weighted by atomic mass is 15.2. The predicted molar refractivity (Wildman–Crippen MR) is 98.0 cm³/mol. The maximum atomic E-state index is 9.27. The summed E-state index contributed by atoms with van der Waals surface area (Å²) in [5.41, 5.74) is 6.58. The number of benzene rings is 3. The lowest BCUT2D eigenvalue weighted by Gasteiger charge is -2.42. The molecule has 116 valence electrons. The summed E-state index contributed by atoms with van der Waals surface area (Å²) in [6, 6.07) is 27.1. The first-order valence-electron chi connectivity index (χ1n) is 8.12. The molecule has 0 bridgehead atoms. The molecule has 2 nitrogen and oxygen atoms in total. The van der Waals surface area contributed by atoms with E-state index in [-0.39, 0.29) is 5.41 Å². The highest BCUT2D eigenvalue weighted by molar-refractivity contribution is 5.86. The van der Waals surface area contributed by atoms with E-state index in [9.17, 15) is 5.26 Å². The third-order valence-electron chi connectivity index (χ3n) is 4.87. The average molecular weight is 310 g/mol. The largest absolute Gasteiger partial charge is 0.310 e. The molecule has 0 amide bonds. The molecule has 0 unspecified atom stereocenters. The molecule has 1 aliphatic rings. The Morgan fingerprint density at radius 2 is 1.38 bits per heavy atom. The minimum absolute atomic E-state index is 0.0590. The molecule has 0 aromatic heterocycles. The summed E-state index contributed by atoms with van der Waals surface area (Å²) in [5, 5.41) is 9.27. The van der Waals surface area contributed by atoms with E-state index in [0.29, 0.717) is 5.56 Å². The summed E-state index contributed by atoms with van der Waals surface area (Å²) in [6.45, 7) is 4.54. The van der Waals surface area contributed by atoms with Gasteiger partial charge in [0, 0.05) is 11.1 Å². The zero-order valence-electron chi connectivity index (χ0n) is 13.8. The number of nitriles is 1. The van der Waals surface area contributed by atoms with Crippen LogP contribution in [0.1, 0.15) is 30.5 Å². The molecule has 0 saturated carbocycles. The zero-order chi connectivity index (χ0) is 16.7. The minimum Gasteiger partial charge on any atom is -0.310 e. The van der Waals surface area contributed by atoms with E-state index in [1.165, 1.54) is 22.5 Å². The van der Waals surface area contributed by atoms with Crippen molar-refractivity contribution in [3.8, 4) is 6.07 Å². The van der Waals surface area contributed by atoms with Crippen LogP contribution in [0.2, 0.25) is 0 Å². The normalized spacial score (nSPS) is 14.5. The van der Waals surface area contributed by atoms with E-state index in [4.69, 9.17) is 0 Å². The maximum absolute atomic E-state index is 9.27. The molecule has 0 fully saturated rings. The molecule has 1 heterocycles. The number of anilines is 3. The summed E-state index contributed by atoms with van der Waals surface area (Å²) < 4.78 is 0. The van der Waals surface area contributed by atoms with E-state index in [1.54, 1.807) is 0 Å². The SMILES string of the molecule is CC1(C)c2ccccc2N(c2cccc(C#N)c2)c2ccccc21. The van der Waals surface area contributed by atoms with Crippen LogP contribution in [0.5, 0.6) is 0 Å². The van der Waals surface area contributed by atoms with Gasteiger partial charge in [0.2, 0.25) is 0 Å². The van der Waals surface area contributed by atoms with Gasteiger partial charge in [-0.1, -0.05) is 56.3 Å². The highest BCUT2D eigenvalue weighted by Crippen LogP contribution is 2.51. The monoisotopic (exact) mass is 310 g/mol. The van der Waals surface area contributed by atoms with E-state index < -0.39 is 0 Å². The molecule has 24 heavy (non-hydrogen) atoms. The van der Waals surface area contributed by atoms with Crippen LogP contribution < -0.4 is 4.90 Å². The van der Waals surface area contributed by atoms with Crippen molar-refractivity contribution in [2.24, 2.45) is 0 Å². The number of hydrogen-bond donors (Lipinski definition) is 0. The van der Waals surface area contributed by atoms with Gasteiger partial charge in [0.05, 0.1) is 23.0 Å². The summed E-state index contributed by atoms with van der Waals surface area (Å²) >= 11 is 0. The van der Waals surface area contributed by atoms with Gasteiger partial charge in [0.15, 0.2) is 0 Å². The fourth-order valence-electron chi connectivity index (χ4n) is 3.66. The van der Waals surface area contributed by atoms with Gasteiger partial charge >= 0.3 is 0 Å². The van der Waals surface area contributed by atoms with Crippen molar-refractivity contribution in [3.63, 3.8) is 0 Å². The summed E-state index contributed by atoms with van der Waals surface area (Å²) in [4.78, 5) is 2.26. The number of fused-ring (bicyclic) bond motifs is 2. The quantitative estimate of drug-likeness (QED) is 0.579. The van der Waals surface area contributed by atoms with Crippen LogP contribution in [0, 0.1) is 11.3 Å². The van der Waals surface area contributed by atoms with E-state index in [1.807, 2.05) is 18.2 Å². The fraction of sp³-hybridized carbons (Fsp3) is 0.136. The van der Waals surface area contributed by atoms with Gasteiger partial charge in [-0.25, -0.2) is 0 Å². The summed E-state index contributed by atoms with van der Waals surface area (Å²) in [7, 11) is 0. The Morgan fingerprint density at radius 1 is 0.792 bits per heavy atom. The molecule has 0 spiro atoms. The Kier molecular flexibility index (Phi) is 3.18. The second-order valence-corrected chi connectivity index (χ2v) is 6.66. The Hall–Kier alpha value is -3.05. The van der Waals surface area contributed by atoms with Crippen LogP contribution in [0.4, 0.5) is 17.1 Å². The molecule has 4 rings (SSSR count). The molecule has 0 aliphatic carbocycles. The Morgan fingerprint density at radius 3 is 1.96 bits per heavy atom. The highest BCUT2D eigenvalue weighted by Gasteiger charge is 2.36. The molecule has 1 aliphatic heterocycles. The predicted octanol–water partition coefficient (Wildman–Crippen LogP) is 5.67. The first kappa shape index (κ1) is 14.5. The van der Waals surface area contributed by atoms with E-state index >= 15 is 0 Å². The van der Waals surface area contributed by atoms with Crippen LogP contribution in [0.25, 0.3) is 0 Å². The van der Waals surface area contributed by atoms with Crippen molar-refractivity contribution in [2.45, 2.75) is 19.3 Å². The number of rotatable bonds is 1. The molecule has 0 N–H and O–H groups in total. The molecular weight excluding hydrogens is 292 g/mol. The number of para-hydroxylation sites is 2. The molecule has 3 aromatic rings. The van der Waals surface area contributed by atoms with Crippen molar-refractivity contribution in [1.82, 2.24) is 0 Å².